The summed E-state index contributed by atoms with van der Waals surface area (Å²) in [7, 11) is 0. The van der Waals surface area contributed by atoms with Crippen molar-refractivity contribution < 1.29 is 4.79 Å². The molecule has 1 amide bonds. The van der Waals surface area contributed by atoms with Crippen LogP contribution >= 0.6 is 0 Å². The number of aliphatic imine (C=N–C) groups is 2. The molecule has 0 spiro atoms. The number of hydrogen-bond acceptors (Lipinski definition) is 4. The fourth-order valence-electron chi connectivity index (χ4n) is 2.72. The van der Waals surface area contributed by atoms with Crippen molar-refractivity contribution in [1.82, 2.24) is 10.2 Å². The monoisotopic (exact) mass is 370 g/mol. The van der Waals surface area contributed by atoms with Gasteiger partial charge in [-0.15, -0.1) is 0 Å². The van der Waals surface area contributed by atoms with Gasteiger partial charge >= 0.3 is 0 Å². The maximum Gasteiger partial charge on any atom is 0.219 e. The Morgan fingerprint density at radius 1 is 1.33 bits per heavy atom. The summed E-state index contributed by atoms with van der Waals surface area (Å²) in [5.74, 6) is 1.18. The van der Waals surface area contributed by atoms with E-state index in [2.05, 4.69) is 47.9 Å². The molecule has 0 aliphatic carbocycles. The quantitative estimate of drug-likeness (QED) is 0.649. The van der Waals surface area contributed by atoms with Crippen LogP contribution in [-0.2, 0) is 4.79 Å². The number of hydrogen-bond donors (Lipinski definition) is 1. The van der Waals surface area contributed by atoms with Crippen LogP contribution in [0.15, 0.2) is 57.5 Å². The minimum atomic E-state index is 0.0311. The van der Waals surface area contributed by atoms with Crippen molar-refractivity contribution in [1.29, 1.82) is 0 Å². The number of nitrogens with one attached hydrogen (secondary N) is 1. The maximum absolute atomic E-state index is 12.0. The molecule has 1 rings (SSSR count). The van der Waals surface area contributed by atoms with Gasteiger partial charge in [-0.05, 0) is 45.3 Å². The Bertz CT molecular complexity index is 706. The minimum Gasteiger partial charge on any atom is -0.340 e. The highest BCUT2D eigenvalue weighted by Crippen LogP contribution is 2.14. The molecule has 0 unspecified atom stereocenters. The van der Waals surface area contributed by atoms with E-state index < -0.39 is 0 Å². The summed E-state index contributed by atoms with van der Waals surface area (Å²) in [5, 5.41) is 3.30. The van der Waals surface area contributed by atoms with E-state index in [1.807, 2.05) is 40.0 Å². The van der Waals surface area contributed by atoms with E-state index in [4.69, 9.17) is 0 Å². The lowest BCUT2D eigenvalue weighted by atomic mass is 10.0. The largest absolute Gasteiger partial charge is 0.340 e. The fourth-order valence-corrected chi connectivity index (χ4v) is 2.72. The molecule has 27 heavy (non-hydrogen) atoms. The zero-order chi connectivity index (χ0) is 20.6. The Labute approximate surface area is 164 Å². The van der Waals surface area contributed by atoms with Crippen molar-refractivity contribution in [2.24, 2.45) is 15.9 Å². The van der Waals surface area contributed by atoms with Gasteiger partial charge in [0.25, 0.3) is 0 Å². The van der Waals surface area contributed by atoms with E-state index in [-0.39, 0.29) is 11.9 Å². The summed E-state index contributed by atoms with van der Waals surface area (Å²) in [6, 6.07) is 0.101. The molecule has 0 bridgehead atoms. The lowest BCUT2D eigenvalue weighted by Crippen LogP contribution is -2.37. The molecule has 1 aliphatic heterocycles. The predicted molar refractivity (Wildman–Crippen MR) is 116 cm³/mol. The summed E-state index contributed by atoms with van der Waals surface area (Å²) in [5.41, 5.74) is 3.78. The van der Waals surface area contributed by atoms with Gasteiger partial charge in [0.15, 0.2) is 0 Å². The molecule has 1 N–H and O–H groups in total. The van der Waals surface area contributed by atoms with E-state index in [1.54, 1.807) is 11.8 Å². The molecule has 0 atom stereocenters. The van der Waals surface area contributed by atoms with E-state index in [9.17, 15) is 4.79 Å². The topological polar surface area (TPSA) is 57.1 Å². The first-order chi connectivity index (χ1) is 12.6. The highest BCUT2D eigenvalue weighted by Gasteiger charge is 2.17. The number of nitrogens with zero attached hydrogens (tertiary/aromatic N) is 3. The number of rotatable bonds is 8. The van der Waals surface area contributed by atoms with Crippen LogP contribution < -0.4 is 5.32 Å². The lowest BCUT2D eigenvalue weighted by Gasteiger charge is -2.26. The van der Waals surface area contributed by atoms with Crippen molar-refractivity contribution in [3.05, 3.63) is 47.5 Å². The van der Waals surface area contributed by atoms with Gasteiger partial charge < -0.3 is 10.2 Å². The molecule has 0 aromatic heterocycles. The second-order valence-corrected chi connectivity index (χ2v) is 7.36. The maximum atomic E-state index is 12.0. The summed E-state index contributed by atoms with van der Waals surface area (Å²) >= 11 is 0. The van der Waals surface area contributed by atoms with E-state index in [0.717, 1.165) is 17.0 Å². The number of carbonyl (C=O) groups excluding carboxylic acids is 1. The molecule has 5 heteroatoms. The Balaban J connectivity index is 3.11. The van der Waals surface area contributed by atoms with Crippen LogP contribution in [0.1, 0.15) is 48.5 Å². The zero-order valence-electron chi connectivity index (χ0n) is 17.8. The molecule has 1 aliphatic rings. The van der Waals surface area contributed by atoms with Crippen LogP contribution in [0.3, 0.4) is 0 Å². The van der Waals surface area contributed by atoms with Gasteiger partial charge in [-0.25, -0.2) is 4.99 Å². The number of carbonyl (C=O) groups is 1. The SMILES string of the molecule is C=C(/C=C\C(=C/C)C(C)C)NC1=C(CN(C(C)=O)C(C)C)C=NCC(C)=N1. The smallest absolute Gasteiger partial charge is 0.219 e. The molecular weight excluding hydrogens is 336 g/mol. The first-order valence-corrected chi connectivity index (χ1v) is 9.50. The van der Waals surface area contributed by atoms with Crippen molar-refractivity contribution in [2.75, 3.05) is 13.1 Å². The van der Waals surface area contributed by atoms with E-state index in [0.29, 0.717) is 24.8 Å². The van der Waals surface area contributed by atoms with Crippen LogP contribution in [0, 0.1) is 5.92 Å². The van der Waals surface area contributed by atoms with Crippen LogP contribution in [0.4, 0.5) is 0 Å². The average Bonchev–Trinajstić information content (AvgIpc) is 2.73. The lowest BCUT2D eigenvalue weighted by molar-refractivity contribution is -0.129. The van der Waals surface area contributed by atoms with Gasteiger partial charge in [-0.3, -0.25) is 9.79 Å². The van der Waals surface area contributed by atoms with Crippen molar-refractivity contribution in [3.8, 4) is 0 Å². The zero-order valence-corrected chi connectivity index (χ0v) is 17.8. The molecule has 1 heterocycles. The summed E-state index contributed by atoms with van der Waals surface area (Å²) in [6.45, 7) is 19.0. The Morgan fingerprint density at radius 3 is 2.52 bits per heavy atom. The van der Waals surface area contributed by atoms with Crippen molar-refractivity contribution in [3.63, 3.8) is 0 Å². The van der Waals surface area contributed by atoms with E-state index in [1.165, 1.54) is 5.57 Å². The highest BCUT2D eigenvalue weighted by molar-refractivity contribution is 5.91. The van der Waals surface area contributed by atoms with Gasteiger partial charge in [0.05, 0.1) is 13.1 Å². The molecule has 0 saturated heterocycles. The van der Waals surface area contributed by atoms with Crippen molar-refractivity contribution >= 4 is 17.8 Å². The average molecular weight is 371 g/mol. The summed E-state index contributed by atoms with van der Waals surface area (Å²) < 4.78 is 0. The number of amides is 1. The summed E-state index contributed by atoms with van der Waals surface area (Å²) in [4.78, 5) is 22.9. The predicted octanol–water partition coefficient (Wildman–Crippen LogP) is 4.26. The normalized spacial score (nSPS) is 15.4. The number of allylic oxidation sites excluding steroid dienone is 4. The third kappa shape index (κ3) is 7.37. The Morgan fingerprint density at radius 2 is 2.00 bits per heavy atom. The molecule has 5 nitrogen and oxygen atoms in total. The van der Waals surface area contributed by atoms with Gasteiger partial charge in [0.1, 0.15) is 5.82 Å². The van der Waals surface area contributed by atoms with Gasteiger partial charge in [-0.1, -0.05) is 32.6 Å². The van der Waals surface area contributed by atoms with Crippen molar-refractivity contribution in [2.45, 2.75) is 54.5 Å². The first kappa shape index (κ1) is 22.6. The molecule has 148 valence electrons. The highest BCUT2D eigenvalue weighted by atomic mass is 16.2. The second kappa shape index (κ2) is 10.7. The van der Waals surface area contributed by atoms with Crippen LogP contribution in [0.25, 0.3) is 0 Å². The minimum absolute atomic E-state index is 0.0311. The summed E-state index contributed by atoms with van der Waals surface area (Å²) in [6.07, 6.45) is 7.94. The fraction of sp³-hybridized carbons (Fsp3) is 0.500. The molecule has 0 radical (unpaired) electrons. The van der Waals surface area contributed by atoms with Crippen LogP contribution in [0.2, 0.25) is 0 Å². The molecule has 0 aromatic carbocycles. The van der Waals surface area contributed by atoms with Gasteiger partial charge in [0.2, 0.25) is 5.91 Å². The Kier molecular flexibility index (Phi) is 8.92. The third-order valence-corrected chi connectivity index (χ3v) is 4.30. The van der Waals surface area contributed by atoms with Gasteiger partial charge in [-0.2, -0.15) is 0 Å². The standard InChI is InChI=1S/C22H34N4O/c1-9-20(15(2)3)11-10-17(6)24-22-21(13-23-12-18(7)25-22)14-26(16(4)5)19(8)27/h9-11,13,15-16,24H,6,12,14H2,1-5,7-8H3/b11-10-,20-9+. The second-order valence-electron chi connectivity index (χ2n) is 7.36. The van der Waals surface area contributed by atoms with Crippen LogP contribution in [0.5, 0.6) is 0 Å². The first-order valence-electron chi connectivity index (χ1n) is 9.50. The van der Waals surface area contributed by atoms with Crippen LogP contribution in [-0.4, -0.2) is 41.9 Å². The molecule has 0 saturated carbocycles. The third-order valence-electron chi connectivity index (χ3n) is 4.30. The molecule has 0 fully saturated rings. The van der Waals surface area contributed by atoms with Gasteiger partial charge in [0, 0.05) is 36.2 Å². The molecular formula is C22H34N4O. The Hall–Kier alpha value is -2.43. The van der Waals surface area contributed by atoms with E-state index >= 15 is 0 Å². The molecule has 0 aromatic rings.